The van der Waals surface area contributed by atoms with Crippen molar-refractivity contribution in [2.45, 2.75) is 77.0 Å². The normalized spacial score (nSPS) is 24.2. The molecule has 2 fully saturated rings. The van der Waals surface area contributed by atoms with Crippen molar-refractivity contribution in [2.24, 2.45) is 17.8 Å². The maximum Gasteiger partial charge on any atom is 0.347 e. The molecule has 0 unspecified atom stereocenters. The molecule has 5 rings (SSSR count). The van der Waals surface area contributed by atoms with Gasteiger partial charge in [-0.3, -0.25) is 0 Å². The third-order valence-corrected chi connectivity index (χ3v) is 8.73. The molecule has 2 saturated carbocycles. The van der Waals surface area contributed by atoms with E-state index in [-0.39, 0.29) is 11.1 Å². The topological polar surface area (TPSA) is 39.4 Å². The quantitative estimate of drug-likeness (QED) is 0.288. The molecule has 2 aliphatic rings. The van der Waals surface area contributed by atoms with Gasteiger partial charge in [0.15, 0.2) is 11.6 Å². The highest BCUT2D eigenvalue weighted by atomic mass is 19.1. The second kappa shape index (κ2) is 11.7. The van der Waals surface area contributed by atoms with Gasteiger partial charge in [0.2, 0.25) is 0 Å². The van der Waals surface area contributed by atoms with Gasteiger partial charge < -0.3 is 9.15 Å². The number of hydrogen-bond acceptors (Lipinski definition) is 3. The summed E-state index contributed by atoms with van der Waals surface area (Å²) >= 11 is 0. The molecule has 0 bridgehead atoms. The molecule has 0 saturated heterocycles. The molecule has 0 atom stereocenters. The molecule has 2 aromatic carbocycles. The van der Waals surface area contributed by atoms with Crippen LogP contribution in [0.15, 0.2) is 64.3 Å². The minimum atomic E-state index is -0.663. The molecule has 2 aliphatic carbocycles. The van der Waals surface area contributed by atoms with E-state index in [2.05, 4.69) is 25.6 Å². The number of ether oxygens (including phenoxy) is 1. The van der Waals surface area contributed by atoms with Gasteiger partial charge in [0.05, 0.1) is 6.61 Å². The number of benzene rings is 2. The number of fused-ring (bicyclic) bond motifs is 1. The lowest BCUT2D eigenvalue weighted by atomic mass is 9.77. The molecule has 0 N–H and O–H groups in total. The Morgan fingerprint density at radius 2 is 1.68 bits per heavy atom. The molecular weight excluding hydrogens is 463 g/mol. The lowest BCUT2D eigenvalue weighted by Crippen LogP contribution is -2.19. The van der Waals surface area contributed by atoms with Gasteiger partial charge >= 0.3 is 5.63 Å². The average Bonchev–Trinajstić information content (AvgIpc) is 2.92. The van der Waals surface area contributed by atoms with Gasteiger partial charge in [0.25, 0.3) is 0 Å². The summed E-state index contributed by atoms with van der Waals surface area (Å²) in [4.78, 5) is 12.8. The SMILES string of the molecule is C=CCCC1CCC(c2ccc(-c3cc4ccc(OCC5CCC(C)CC5)c(F)c4c(=O)o3)cc2)CC1. The van der Waals surface area contributed by atoms with Crippen LogP contribution in [0.25, 0.3) is 22.1 Å². The lowest BCUT2D eigenvalue weighted by Gasteiger charge is -2.28. The maximum atomic E-state index is 15.2. The highest BCUT2D eigenvalue weighted by molar-refractivity contribution is 5.86. The van der Waals surface area contributed by atoms with Crippen LogP contribution in [-0.4, -0.2) is 6.61 Å². The summed E-state index contributed by atoms with van der Waals surface area (Å²) < 4.78 is 26.7. The van der Waals surface area contributed by atoms with Crippen LogP contribution in [0.4, 0.5) is 4.39 Å². The smallest absolute Gasteiger partial charge is 0.347 e. The van der Waals surface area contributed by atoms with Crippen LogP contribution in [0, 0.1) is 23.6 Å². The third kappa shape index (κ3) is 6.00. The Morgan fingerprint density at radius 1 is 0.973 bits per heavy atom. The highest BCUT2D eigenvalue weighted by Gasteiger charge is 2.23. The van der Waals surface area contributed by atoms with E-state index in [1.54, 1.807) is 18.2 Å². The van der Waals surface area contributed by atoms with Crippen LogP contribution in [0.2, 0.25) is 0 Å². The van der Waals surface area contributed by atoms with Crippen molar-refractivity contribution in [2.75, 3.05) is 6.61 Å². The number of allylic oxidation sites excluding steroid dienone is 1. The predicted molar refractivity (Wildman–Crippen MR) is 149 cm³/mol. The van der Waals surface area contributed by atoms with Crippen LogP contribution in [-0.2, 0) is 0 Å². The monoisotopic (exact) mass is 502 g/mol. The van der Waals surface area contributed by atoms with E-state index in [0.29, 0.717) is 29.6 Å². The molecule has 37 heavy (non-hydrogen) atoms. The Hall–Kier alpha value is -2.88. The molecule has 0 amide bonds. The molecule has 3 nitrogen and oxygen atoms in total. The van der Waals surface area contributed by atoms with Gasteiger partial charge in [-0.2, -0.15) is 0 Å². The van der Waals surface area contributed by atoms with Crippen molar-refractivity contribution < 1.29 is 13.5 Å². The fourth-order valence-electron chi connectivity index (χ4n) is 6.24. The minimum Gasteiger partial charge on any atom is -0.490 e. The van der Waals surface area contributed by atoms with Crippen molar-refractivity contribution >= 4 is 10.8 Å². The first-order valence-corrected chi connectivity index (χ1v) is 14.1. The van der Waals surface area contributed by atoms with Crippen molar-refractivity contribution in [3.63, 3.8) is 0 Å². The number of hydrogen-bond donors (Lipinski definition) is 0. The lowest BCUT2D eigenvalue weighted by molar-refractivity contribution is 0.183. The van der Waals surface area contributed by atoms with Crippen molar-refractivity contribution in [3.05, 3.63) is 76.9 Å². The molecule has 3 aromatic rings. The Kier molecular flexibility index (Phi) is 8.12. The summed E-state index contributed by atoms with van der Waals surface area (Å²) in [5.74, 6) is 2.58. The molecule has 1 heterocycles. The summed E-state index contributed by atoms with van der Waals surface area (Å²) in [5, 5.41) is 0.493. The standard InChI is InChI=1S/C33H39FO3/c1-3-4-5-23-10-12-25(13-11-23)26-14-16-27(17-15-26)30-20-28-18-19-29(32(34)31(28)33(35)37-30)36-21-24-8-6-22(2)7-9-24/h3,14-20,22-25H,1,4-13,21H2,2H3. The van der Waals surface area contributed by atoms with Gasteiger partial charge in [-0.15, -0.1) is 6.58 Å². The first-order chi connectivity index (χ1) is 18.0. The summed E-state index contributed by atoms with van der Waals surface area (Å²) in [5.41, 5.74) is 1.51. The van der Waals surface area contributed by atoms with Crippen LogP contribution in [0.3, 0.4) is 0 Å². The summed E-state index contributed by atoms with van der Waals surface area (Å²) in [6.45, 7) is 6.61. The second-order valence-corrected chi connectivity index (χ2v) is 11.4. The molecule has 4 heteroatoms. The molecule has 1 aromatic heterocycles. The Bertz CT molecular complexity index is 1260. The van der Waals surface area contributed by atoms with Gasteiger partial charge in [0.1, 0.15) is 11.1 Å². The summed E-state index contributed by atoms with van der Waals surface area (Å²) in [7, 11) is 0. The fourth-order valence-corrected chi connectivity index (χ4v) is 6.24. The molecule has 0 radical (unpaired) electrons. The van der Waals surface area contributed by atoms with E-state index in [1.807, 2.05) is 18.2 Å². The van der Waals surface area contributed by atoms with E-state index in [4.69, 9.17) is 9.15 Å². The van der Waals surface area contributed by atoms with Gasteiger partial charge in [-0.1, -0.05) is 56.2 Å². The predicted octanol–water partition coefficient (Wildman–Crippen LogP) is 9.04. The van der Waals surface area contributed by atoms with E-state index in [0.717, 1.165) is 36.7 Å². The zero-order chi connectivity index (χ0) is 25.8. The average molecular weight is 503 g/mol. The maximum absolute atomic E-state index is 15.2. The number of rotatable bonds is 8. The van der Waals surface area contributed by atoms with Crippen LogP contribution in [0.1, 0.15) is 82.6 Å². The van der Waals surface area contributed by atoms with Gasteiger partial charge in [-0.05, 0) is 98.1 Å². The Morgan fingerprint density at radius 3 is 2.38 bits per heavy atom. The van der Waals surface area contributed by atoms with Crippen LogP contribution in [0.5, 0.6) is 5.75 Å². The summed E-state index contributed by atoms with van der Waals surface area (Å²) in [6, 6.07) is 13.5. The van der Waals surface area contributed by atoms with Crippen molar-refractivity contribution in [1.82, 2.24) is 0 Å². The van der Waals surface area contributed by atoms with Crippen molar-refractivity contribution in [3.8, 4) is 17.1 Å². The van der Waals surface area contributed by atoms with E-state index < -0.39 is 11.4 Å². The minimum absolute atomic E-state index is 0.0386. The Labute approximate surface area is 219 Å². The zero-order valence-electron chi connectivity index (χ0n) is 22.0. The fraction of sp³-hybridized carbons (Fsp3) is 0.485. The first-order valence-electron chi connectivity index (χ1n) is 14.1. The van der Waals surface area contributed by atoms with E-state index >= 15 is 4.39 Å². The Balaban J connectivity index is 1.28. The second-order valence-electron chi connectivity index (χ2n) is 11.4. The van der Waals surface area contributed by atoms with Crippen LogP contribution < -0.4 is 10.4 Å². The van der Waals surface area contributed by atoms with Crippen molar-refractivity contribution in [1.29, 1.82) is 0 Å². The molecule has 0 spiro atoms. The van der Waals surface area contributed by atoms with Gasteiger partial charge in [0, 0.05) is 5.56 Å². The molecule has 196 valence electrons. The summed E-state index contributed by atoms with van der Waals surface area (Å²) in [6.07, 6.45) is 14.0. The number of halogens is 1. The van der Waals surface area contributed by atoms with Gasteiger partial charge in [-0.25, -0.2) is 9.18 Å². The van der Waals surface area contributed by atoms with E-state index in [1.165, 1.54) is 50.5 Å². The van der Waals surface area contributed by atoms with E-state index in [9.17, 15) is 4.79 Å². The molecule has 0 aliphatic heterocycles. The van der Waals surface area contributed by atoms with Crippen LogP contribution >= 0.6 is 0 Å². The largest absolute Gasteiger partial charge is 0.490 e. The third-order valence-electron chi connectivity index (χ3n) is 8.73. The highest BCUT2D eigenvalue weighted by Crippen LogP contribution is 2.38. The first kappa shape index (κ1) is 25.8. The zero-order valence-corrected chi connectivity index (χ0v) is 22.0. The molecular formula is C33H39FO3.